The normalized spacial score (nSPS) is 12.4. The van der Waals surface area contributed by atoms with Gasteiger partial charge in [0.05, 0.1) is 5.25 Å². The Hall–Kier alpha value is -1.16. The van der Waals surface area contributed by atoms with Gasteiger partial charge in [-0.25, -0.2) is 0 Å². The van der Waals surface area contributed by atoms with E-state index >= 15 is 0 Å². The van der Waals surface area contributed by atoms with E-state index in [4.69, 9.17) is 11.5 Å². The molecular formula is C11H16N2OS. The lowest BCUT2D eigenvalue weighted by atomic mass is 10.2. The van der Waals surface area contributed by atoms with Gasteiger partial charge in [-0.2, -0.15) is 0 Å². The van der Waals surface area contributed by atoms with Crippen molar-refractivity contribution >= 4 is 23.4 Å². The lowest BCUT2D eigenvalue weighted by molar-refractivity contribution is -0.117. The molecule has 0 heterocycles. The fraction of sp³-hybridized carbons (Fsp3) is 0.364. The minimum absolute atomic E-state index is 0.175. The number of carbonyl (C=O) groups is 1. The third kappa shape index (κ3) is 3.16. The molecule has 0 aliphatic heterocycles. The Bertz CT molecular complexity index is 366. The molecule has 0 bridgehead atoms. The van der Waals surface area contributed by atoms with E-state index < -0.39 is 0 Å². The molecule has 1 unspecified atom stereocenters. The van der Waals surface area contributed by atoms with E-state index in [0.717, 1.165) is 16.9 Å². The van der Waals surface area contributed by atoms with E-state index in [0.29, 0.717) is 5.69 Å². The van der Waals surface area contributed by atoms with Crippen LogP contribution in [0.5, 0.6) is 0 Å². The zero-order valence-electron chi connectivity index (χ0n) is 8.99. The number of nitrogen functional groups attached to an aromatic ring is 1. The van der Waals surface area contributed by atoms with Crippen LogP contribution >= 0.6 is 11.8 Å². The second-order valence-corrected chi connectivity index (χ2v) is 4.69. The summed E-state index contributed by atoms with van der Waals surface area (Å²) in [6.07, 6.45) is 0.730. The third-order valence-electron chi connectivity index (χ3n) is 2.17. The lowest BCUT2D eigenvalue weighted by Crippen LogP contribution is -2.24. The molecule has 1 aromatic carbocycles. The maximum atomic E-state index is 11.1. The molecule has 0 aliphatic carbocycles. The summed E-state index contributed by atoms with van der Waals surface area (Å²) in [5.74, 6) is -0.274. The molecule has 0 aliphatic rings. The number of hydrogen-bond donors (Lipinski definition) is 2. The molecule has 1 amide bonds. The van der Waals surface area contributed by atoms with Crippen molar-refractivity contribution in [1.29, 1.82) is 0 Å². The summed E-state index contributed by atoms with van der Waals surface area (Å²) < 4.78 is 0. The van der Waals surface area contributed by atoms with Gasteiger partial charge in [0.15, 0.2) is 0 Å². The fourth-order valence-electron chi connectivity index (χ4n) is 1.24. The Morgan fingerprint density at radius 2 is 2.20 bits per heavy atom. The van der Waals surface area contributed by atoms with Gasteiger partial charge < -0.3 is 11.5 Å². The van der Waals surface area contributed by atoms with Gasteiger partial charge in [-0.15, -0.1) is 11.8 Å². The smallest absolute Gasteiger partial charge is 0.230 e. The number of aryl methyl sites for hydroxylation is 1. The summed E-state index contributed by atoms with van der Waals surface area (Å²) in [6.45, 7) is 3.94. The van der Waals surface area contributed by atoms with Crippen LogP contribution < -0.4 is 11.5 Å². The average molecular weight is 224 g/mol. The standard InChI is InChI=1S/C11H16N2OS/c1-3-9(11(13)14)15-10-6-8(12)5-4-7(10)2/h4-6,9H,3,12H2,1-2H3,(H2,13,14). The van der Waals surface area contributed by atoms with Gasteiger partial charge in [0.2, 0.25) is 5.91 Å². The molecule has 4 N–H and O–H groups in total. The van der Waals surface area contributed by atoms with Gasteiger partial charge in [-0.3, -0.25) is 4.79 Å². The number of amides is 1. The highest BCUT2D eigenvalue weighted by atomic mass is 32.2. The first-order chi connectivity index (χ1) is 7.04. The van der Waals surface area contributed by atoms with Crippen molar-refractivity contribution < 1.29 is 4.79 Å². The molecule has 4 heteroatoms. The van der Waals surface area contributed by atoms with Crippen molar-refractivity contribution in [3.8, 4) is 0 Å². The highest BCUT2D eigenvalue weighted by molar-refractivity contribution is 8.00. The highest BCUT2D eigenvalue weighted by Gasteiger charge is 2.15. The molecule has 82 valence electrons. The van der Waals surface area contributed by atoms with E-state index in [-0.39, 0.29) is 11.2 Å². The average Bonchev–Trinajstić information content (AvgIpc) is 2.18. The maximum Gasteiger partial charge on any atom is 0.230 e. The van der Waals surface area contributed by atoms with Gasteiger partial charge >= 0.3 is 0 Å². The maximum absolute atomic E-state index is 11.1. The molecule has 1 rings (SSSR count). The summed E-state index contributed by atoms with van der Waals surface area (Å²) in [5, 5.41) is -0.175. The van der Waals surface area contributed by atoms with Gasteiger partial charge in [0, 0.05) is 10.6 Å². The summed E-state index contributed by atoms with van der Waals surface area (Å²) in [7, 11) is 0. The molecule has 0 saturated carbocycles. The number of nitrogens with two attached hydrogens (primary N) is 2. The summed E-state index contributed by atoms with van der Waals surface area (Å²) in [6, 6.07) is 5.68. The van der Waals surface area contributed by atoms with Crippen LogP contribution in [0.1, 0.15) is 18.9 Å². The van der Waals surface area contributed by atoms with Gasteiger partial charge in [-0.05, 0) is 31.0 Å². The lowest BCUT2D eigenvalue weighted by Gasteiger charge is -2.12. The third-order valence-corrected chi connectivity index (χ3v) is 3.71. The molecule has 1 atom stereocenters. The van der Waals surface area contributed by atoms with E-state index in [1.807, 2.05) is 32.0 Å². The Morgan fingerprint density at radius 1 is 1.53 bits per heavy atom. The van der Waals surface area contributed by atoms with Crippen molar-refractivity contribution in [2.75, 3.05) is 5.73 Å². The van der Waals surface area contributed by atoms with Crippen molar-refractivity contribution in [2.45, 2.75) is 30.4 Å². The van der Waals surface area contributed by atoms with Crippen LogP contribution in [0, 0.1) is 6.92 Å². The number of hydrogen-bond acceptors (Lipinski definition) is 3. The van der Waals surface area contributed by atoms with Crippen LogP contribution in [0.15, 0.2) is 23.1 Å². The zero-order valence-corrected chi connectivity index (χ0v) is 9.80. The van der Waals surface area contributed by atoms with Crippen LogP contribution in [0.3, 0.4) is 0 Å². The molecule has 1 aromatic rings. The van der Waals surface area contributed by atoms with Crippen LogP contribution in [0.2, 0.25) is 0 Å². The first-order valence-electron chi connectivity index (χ1n) is 4.86. The molecular weight excluding hydrogens is 208 g/mol. The van der Waals surface area contributed by atoms with Crippen LogP contribution in [0.25, 0.3) is 0 Å². The second-order valence-electron chi connectivity index (χ2n) is 3.44. The zero-order chi connectivity index (χ0) is 11.4. The monoisotopic (exact) mass is 224 g/mol. The van der Waals surface area contributed by atoms with E-state index in [1.165, 1.54) is 11.8 Å². The molecule has 0 radical (unpaired) electrons. The number of anilines is 1. The largest absolute Gasteiger partial charge is 0.399 e. The Balaban J connectivity index is 2.87. The fourth-order valence-corrected chi connectivity index (χ4v) is 2.29. The van der Waals surface area contributed by atoms with Crippen LogP contribution in [-0.4, -0.2) is 11.2 Å². The first-order valence-corrected chi connectivity index (χ1v) is 5.74. The van der Waals surface area contributed by atoms with Gasteiger partial charge in [0.1, 0.15) is 0 Å². The molecule has 15 heavy (non-hydrogen) atoms. The molecule has 0 saturated heterocycles. The Kier molecular flexibility index (Phi) is 4.03. The minimum atomic E-state index is -0.274. The van der Waals surface area contributed by atoms with Gasteiger partial charge in [-0.1, -0.05) is 13.0 Å². The Labute approximate surface area is 94.2 Å². The van der Waals surface area contributed by atoms with Crippen LogP contribution in [-0.2, 0) is 4.79 Å². The SMILES string of the molecule is CCC(Sc1cc(N)ccc1C)C(N)=O. The number of carbonyl (C=O) groups excluding carboxylic acids is 1. The minimum Gasteiger partial charge on any atom is -0.399 e. The molecule has 0 aromatic heterocycles. The Morgan fingerprint density at radius 3 is 2.73 bits per heavy atom. The predicted molar refractivity (Wildman–Crippen MR) is 64.7 cm³/mol. The number of thioether (sulfide) groups is 1. The number of primary amides is 1. The molecule has 0 spiro atoms. The number of rotatable bonds is 4. The van der Waals surface area contributed by atoms with E-state index in [2.05, 4.69) is 0 Å². The quantitative estimate of drug-likeness (QED) is 0.606. The molecule has 3 nitrogen and oxygen atoms in total. The summed E-state index contributed by atoms with van der Waals surface area (Å²) in [4.78, 5) is 12.1. The van der Waals surface area contributed by atoms with Crippen molar-refractivity contribution in [3.63, 3.8) is 0 Å². The second kappa shape index (κ2) is 5.07. The number of benzene rings is 1. The summed E-state index contributed by atoms with van der Waals surface area (Å²) in [5.41, 5.74) is 12.8. The van der Waals surface area contributed by atoms with Crippen LogP contribution in [0.4, 0.5) is 5.69 Å². The topological polar surface area (TPSA) is 69.1 Å². The highest BCUT2D eigenvalue weighted by Crippen LogP contribution is 2.29. The van der Waals surface area contributed by atoms with E-state index in [9.17, 15) is 4.79 Å². The van der Waals surface area contributed by atoms with E-state index in [1.54, 1.807) is 0 Å². The van der Waals surface area contributed by atoms with Crippen molar-refractivity contribution in [2.24, 2.45) is 5.73 Å². The van der Waals surface area contributed by atoms with Crippen molar-refractivity contribution in [1.82, 2.24) is 0 Å². The van der Waals surface area contributed by atoms with Gasteiger partial charge in [0.25, 0.3) is 0 Å². The van der Waals surface area contributed by atoms with Crippen molar-refractivity contribution in [3.05, 3.63) is 23.8 Å². The molecule has 0 fully saturated rings. The first kappa shape index (κ1) is 11.9. The predicted octanol–water partition coefficient (Wildman–Crippen LogP) is 1.93. The summed E-state index contributed by atoms with van der Waals surface area (Å²) >= 11 is 1.48.